The Morgan fingerprint density at radius 1 is 1.38 bits per heavy atom. The zero-order valence-electron chi connectivity index (χ0n) is 6.94. The van der Waals surface area contributed by atoms with Crippen molar-refractivity contribution in [3.63, 3.8) is 0 Å². The molecular weight excluding hydrogens is 176 g/mol. The van der Waals surface area contributed by atoms with Crippen molar-refractivity contribution in [1.82, 2.24) is 0 Å². The van der Waals surface area contributed by atoms with Gasteiger partial charge in [0, 0.05) is 30.2 Å². The number of halogens is 2. The van der Waals surface area contributed by atoms with Crippen LogP contribution in [0.5, 0.6) is 5.75 Å². The Labute approximate surface area is 74.3 Å². The summed E-state index contributed by atoms with van der Waals surface area (Å²) in [6.45, 7) is 0.487. The highest BCUT2D eigenvalue weighted by Crippen LogP contribution is 2.32. The van der Waals surface area contributed by atoms with Crippen molar-refractivity contribution in [2.75, 3.05) is 6.61 Å². The molecule has 0 saturated heterocycles. The van der Waals surface area contributed by atoms with Gasteiger partial charge in [0.15, 0.2) is 11.6 Å². The monoisotopic (exact) mass is 185 g/mol. The molecule has 1 aromatic carbocycles. The molecule has 70 valence electrons. The molecule has 13 heavy (non-hydrogen) atoms. The maximum Gasteiger partial charge on any atom is 0.168 e. The van der Waals surface area contributed by atoms with Crippen LogP contribution in [0.1, 0.15) is 11.1 Å². The molecule has 0 aromatic heterocycles. The zero-order valence-corrected chi connectivity index (χ0v) is 6.94. The molecule has 1 aliphatic rings. The van der Waals surface area contributed by atoms with Gasteiger partial charge in [0.2, 0.25) is 0 Å². The van der Waals surface area contributed by atoms with E-state index in [1.54, 1.807) is 0 Å². The number of hydrogen-bond donors (Lipinski definition) is 1. The summed E-state index contributed by atoms with van der Waals surface area (Å²) in [5.74, 6) is -1.05. The predicted octanol–water partition coefficient (Wildman–Crippen LogP) is 1.36. The molecule has 0 aliphatic carbocycles. The fourth-order valence-corrected chi connectivity index (χ4v) is 1.59. The number of nitrogens with two attached hydrogens (primary N) is 1. The summed E-state index contributed by atoms with van der Waals surface area (Å²) < 4.78 is 31.2. The average Bonchev–Trinajstić information content (AvgIpc) is 2.53. The molecule has 1 heterocycles. The maximum atomic E-state index is 13.1. The van der Waals surface area contributed by atoms with E-state index in [-0.39, 0.29) is 12.3 Å². The van der Waals surface area contributed by atoms with Gasteiger partial charge in [-0.15, -0.1) is 0 Å². The lowest BCUT2D eigenvalue weighted by Gasteiger charge is -2.06. The maximum absolute atomic E-state index is 13.1. The van der Waals surface area contributed by atoms with Gasteiger partial charge < -0.3 is 10.5 Å². The minimum Gasteiger partial charge on any atom is -0.490 e. The zero-order chi connectivity index (χ0) is 9.42. The fraction of sp³-hybridized carbons (Fsp3) is 0.333. The smallest absolute Gasteiger partial charge is 0.168 e. The standard InChI is InChI=1S/C9H9F2NO/c10-7-3-8(11)9-5(1-2-13-9)6(7)4-12/h3H,1-2,4,12H2. The molecule has 0 atom stereocenters. The van der Waals surface area contributed by atoms with Gasteiger partial charge in [0.1, 0.15) is 5.82 Å². The van der Waals surface area contributed by atoms with Crippen molar-refractivity contribution < 1.29 is 13.5 Å². The second kappa shape index (κ2) is 2.96. The SMILES string of the molecule is NCc1c(F)cc(F)c2c1CCO2. The molecule has 0 amide bonds. The van der Waals surface area contributed by atoms with Crippen molar-refractivity contribution in [2.24, 2.45) is 5.73 Å². The fourth-order valence-electron chi connectivity index (χ4n) is 1.59. The van der Waals surface area contributed by atoms with Crippen LogP contribution in [-0.4, -0.2) is 6.61 Å². The summed E-state index contributed by atoms with van der Waals surface area (Å²) in [5.41, 5.74) is 6.31. The van der Waals surface area contributed by atoms with Crippen LogP contribution < -0.4 is 10.5 Å². The summed E-state index contributed by atoms with van der Waals surface area (Å²) in [7, 11) is 0. The van der Waals surface area contributed by atoms with Crippen LogP contribution in [0.2, 0.25) is 0 Å². The van der Waals surface area contributed by atoms with Crippen molar-refractivity contribution >= 4 is 0 Å². The molecule has 0 radical (unpaired) electrons. The molecule has 0 fully saturated rings. The van der Waals surface area contributed by atoms with E-state index < -0.39 is 11.6 Å². The molecule has 0 unspecified atom stereocenters. The summed E-state index contributed by atoms with van der Waals surface area (Å²) in [5, 5.41) is 0. The van der Waals surface area contributed by atoms with E-state index in [1.165, 1.54) is 0 Å². The van der Waals surface area contributed by atoms with Crippen molar-refractivity contribution in [3.05, 3.63) is 28.8 Å². The first-order valence-corrected chi connectivity index (χ1v) is 4.06. The number of hydrogen-bond acceptors (Lipinski definition) is 2. The topological polar surface area (TPSA) is 35.2 Å². The van der Waals surface area contributed by atoms with Gasteiger partial charge in [0.25, 0.3) is 0 Å². The average molecular weight is 185 g/mol. The molecule has 4 heteroatoms. The van der Waals surface area contributed by atoms with Crippen molar-refractivity contribution in [2.45, 2.75) is 13.0 Å². The number of fused-ring (bicyclic) bond motifs is 1. The van der Waals surface area contributed by atoms with E-state index in [9.17, 15) is 8.78 Å². The Morgan fingerprint density at radius 2 is 2.15 bits per heavy atom. The van der Waals surface area contributed by atoms with Gasteiger partial charge in [0.05, 0.1) is 6.61 Å². The summed E-state index contributed by atoms with van der Waals surface area (Å²) in [6.07, 6.45) is 0.538. The van der Waals surface area contributed by atoms with Crippen LogP contribution in [0.3, 0.4) is 0 Å². The van der Waals surface area contributed by atoms with Crippen LogP contribution >= 0.6 is 0 Å². The summed E-state index contributed by atoms with van der Waals surface area (Å²) >= 11 is 0. The molecular formula is C9H9F2NO. The lowest BCUT2D eigenvalue weighted by molar-refractivity contribution is 0.338. The number of ether oxygens (including phenoxy) is 1. The molecule has 0 saturated carbocycles. The first kappa shape index (κ1) is 8.44. The van der Waals surface area contributed by atoms with Crippen molar-refractivity contribution in [3.8, 4) is 5.75 Å². The first-order valence-electron chi connectivity index (χ1n) is 4.06. The number of rotatable bonds is 1. The third-order valence-electron chi connectivity index (χ3n) is 2.20. The second-order valence-corrected chi connectivity index (χ2v) is 2.93. The third-order valence-corrected chi connectivity index (χ3v) is 2.20. The van der Waals surface area contributed by atoms with E-state index in [0.717, 1.165) is 6.07 Å². The Kier molecular flexibility index (Phi) is 1.92. The first-order chi connectivity index (χ1) is 6.24. The third kappa shape index (κ3) is 1.18. The van der Waals surface area contributed by atoms with Crippen LogP contribution in [0.25, 0.3) is 0 Å². The Bertz CT molecular complexity index is 352. The van der Waals surface area contributed by atoms with Gasteiger partial charge >= 0.3 is 0 Å². The minimum atomic E-state index is -0.637. The van der Waals surface area contributed by atoms with Crippen LogP contribution in [0.15, 0.2) is 6.07 Å². The quantitative estimate of drug-likeness (QED) is 0.716. The molecule has 0 spiro atoms. The van der Waals surface area contributed by atoms with Crippen LogP contribution in [0.4, 0.5) is 8.78 Å². The van der Waals surface area contributed by atoms with Crippen molar-refractivity contribution in [1.29, 1.82) is 0 Å². The van der Waals surface area contributed by atoms with Gasteiger partial charge in [-0.05, 0) is 0 Å². The highest BCUT2D eigenvalue weighted by atomic mass is 19.1. The van der Waals surface area contributed by atoms with E-state index in [1.807, 2.05) is 0 Å². The highest BCUT2D eigenvalue weighted by molar-refractivity contribution is 5.44. The lowest BCUT2D eigenvalue weighted by Crippen LogP contribution is -2.04. The lowest BCUT2D eigenvalue weighted by atomic mass is 10.0. The Balaban J connectivity index is 2.65. The van der Waals surface area contributed by atoms with E-state index >= 15 is 0 Å². The Hall–Kier alpha value is -1.16. The van der Waals surface area contributed by atoms with Crippen LogP contribution in [0, 0.1) is 11.6 Å². The number of benzene rings is 1. The van der Waals surface area contributed by atoms with E-state index in [0.29, 0.717) is 24.2 Å². The molecule has 2 nitrogen and oxygen atoms in total. The molecule has 1 aliphatic heterocycles. The van der Waals surface area contributed by atoms with E-state index in [4.69, 9.17) is 10.5 Å². The highest BCUT2D eigenvalue weighted by Gasteiger charge is 2.22. The van der Waals surface area contributed by atoms with Crippen LogP contribution in [-0.2, 0) is 13.0 Å². The molecule has 0 bridgehead atoms. The summed E-state index contributed by atoms with van der Waals surface area (Å²) in [6, 6.07) is 0.826. The second-order valence-electron chi connectivity index (χ2n) is 2.93. The van der Waals surface area contributed by atoms with Gasteiger partial charge in [-0.3, -0.25) is 0 Å². The molecule has 1 aromatic rings. The molecule has 2 rings (SSSR count). The Morgan fingerprint density at radius 3 is 2.85 bits per heavy atom. The minimum absolute atomic E-state index is 0.0812. The normalized spacial score (nSPS) is 14.1. The molecule has 2 N–H and O–H groups in total. The predicted molar refractivity (Wildman–Crippen MR) is 43.4 cm³/mol. The van der Waals surface area contributed by atoms with E-state index in [2.05, 4.69) is 0 Å². The largest absolute Gasteiger partial charge is 0.490 e. The van der Waals surface area contributed by atoms with Gasteiger partial charge in [-0.25, -0.2) is 8.78 Å². The van der Waals surface area contributed by atoms with Gasteiger partial charge in [-0.2, -0.15) is 0 Å². The summed E-state index contributed by atoms with van der Waals surface area (Å²) in [4.78, 5) is 0. The van der Waals surface area contributed by atoms with Gasteiger partial charge in [-0.1, -0.05) is 0 Å².